The Balaban J connectivity index is 2.13. The highest BCUT2D eigenvalue weighted by Gasteiger charge is 2.13. The molecule has 4 heteroatoms. The van der Waals surface area contributed by atoms with E-state index in [1.165, 1.54) is 11.1 Å². The van der Waals surface area contributed by atoms with E-state index in [4.69, 9.17) is 0 Å². The lowest BCUT2D eigenvalue weighted by molar-refractivity contribution is 0.163. The molecule has 1 heterocycles. The summed E-state index contributed by atoms with van der Waals surface area (Å²) in [6.07, 6.45) is 1.80. The zero-order chi connectivity index (χ0) is 15.8. The summed E-state index contributed by atoms with van der Waals surface area (Å²) < 4.78 is 0. The Morgan fingerprint density at radius 3 is 2.59 bits per heavy atom. The standard InChI is InChI=1S/C18H25N3O/c1-15(14-22)11-21(12-16-7-4-3-5-8-16)13-17-9-6-10-20-18(17)19-2/h3-10,15,22H,11-14H2,1-2H3,(H,19,20)/t15-/m1/s1. The van der Waals surface area contributed by atoms with Crippen LogP contribution < -0.4 is 5.32 Å². The Morgan fingerprint density at radius 1 is 1.14 bits per heavy atom. The van der Waals surface area contributed by atoms with Crippen molar-refractivity contribution < 1.29 is 5.11 Å². The quantitative estimate of drug-likeness (QED) is 0.787. The van der Waals surface area contributed by atoms with Gasteiger partial charge in [-0.25, -0.2) is 4.98 Å². The summed E-state index contributed by atoms with van der Waals surface area (Å²) in [6, 6.07) is 14.5. The van der Waals surface area contributed by atoms with Crippen LogP contribution in [-0.2, 0) is 13.1 Å². The summed E-state index contributed by atoms with van der Waals surface area (Å²) in [6.45, 7) is 4.80. The molecule has 118 valence electrons. The van der Waals surface area contributed by atoms with Gasteiger partial charge < -0.3 is 10.4 Å². The lowest BCUT2D eigenvalue weighted by Gasteiger charge is -2.26. The van der Waals surface area contributed by atoms with Crippen LogP contribution in [0.1, 0.15) is 18.1 Å². The molecule has 0 saturated carbocycles. The first-order valence-electron chi connectivity index (χ1n) is 7.71. The van der Waals surface area contributed by atoms with E-state index in [1.807, 2.05) is 19.2 Å². The van der Waals surface area contributed by atoms with Crippen molar-refractivity contribution >= 4 is 5.82 Å². The summed E-state index contributed by atoms with van der Waals surface area (Å²) in [5.41, 5.74) is 2.45. The summed E-state index contributed by atoms with van der Waals surface area (Å²) in [5.74, 6) is 1.16. The minimum absolute atomic E-state index is 0.206. The minimum Gasteiger partial charge on any atom is -0.396 e. The van der Waals surface area contributed by atoms with Crippen LogP contribution in [0.2, 0.25) is 0 Å². The summed E-state index contributed by atoms with van der Waals surface area (Å²) in [4.78, 5) is 6.72. The van der Waals surface area contributed by atoms with Gasteiger partial charge in [-0.05, 0) is 17.5 Å². The zero-order valence-electron chi connectivity index (χ0n) is 13.4. The highest BCUT2D eigenvalue weighted by molar-refractivity contribution is 5.42. The number of benzene rings is 1. The maximum Gasteiger partial charge on any atom is 0.130 e. The van der Waals surface area contributed by atoms with Gasteiger partial charge in [0.15, 0.2) is 0 Å². The molecule has 0 aliphatic rings. The molecule has 22 heavy (non-hydrogen) atoms. The fourth-order valence-corrected chi connectivity index (χ4v) is 2.56. The summed E-state index contributed by atoms with van der Waals surface area (Å²) >= 11 is 0. The Hall–Kier alpha value is -1.91. The van der Waals surface area contributed by atoms with E-state index in [2.05, 4.69) is 52.5 Å². The van der Waals surface area contributed by atoms with Crippen LogP contribution in [0, 0.1) is 5.92 Å². The topological polar surface area (TPSA) is 48.4 Å². The molecule has 0 unspecified atom stereocenters. The van der Waals surface area contributed by atoms with E-state index in [9.17, 15) is 5.11 Å². The van der Waals surface area contributed by atoms with Crippen molar-refractivity contribution in [2.75, 3.05) is 25.5 Å². The lowest BCUT2D eigenvalue weighted by atomic mass is 10.1. The largest absolute Gasteiger partial charge is 0.396 e. The van der Waals surface area contributed by atoms with Crippen molar-refractivity contribution in [1.82, 2.24) is 9.88 Å². The maximum absolute atomic E-state index is 9.37. The van der Waals surface area contributed by atoms with Crippen LogP contribution in [0.15, 0.2) is 48.7 Å². The monoisotopic (exact) mass is 299 g/mol. The van der Waals surface area contributed by atoms with E-state index in [0.717, 1.165) is 25.5 Å². The van der Waals surface area contributed by atoms with Gasteiger partial charge in [-0.15, -0.1) is 0 Å². The van der Waals surface area contributed by atoms with E-state index in [-0.39, 0.29) is 12.5 Å². The van der Waals surface area contributed by atoms with Crippen molar-refractivity contribution in [3.05, 3.63) is 59.8 Å². The SMILES string of the molecule is CNc1ncccc1CN(Cc1ccccc1)C[C@@H](C)CO. The molecule has 2 rings (SSSR count). The molecule has 0 amide bonds. The van der Waals surface area contributed by atoms with Crippen molar-refractivity contribution in [2.24, 2.45) is 5.92 Å². The van der Waals surface area contributed by atoms with Crippen LogP contribution in [0.4, 0.5) is 5.82 Å². The third-order valence-electron chi connectivity index (χ3n) is 3.65. The Bertz CT molecular complexity index is 559. The average Bonchev–Trinajstić information content (AvgIpc) is 2.56. The molecule has 0 bridgehead atoms. The predicted octanol–water partition coefficient (Wildman–Crippen LogP) is 2.75. The fraction of sp³-hybridized carbons (Fsp3) is 0.389. The van der Waals surface area contributed by atoms with E-state index in [1.54, 1.807) is 6.20 Å². The number of hydrogen-bond donors (Lipinski definition) is 2. The number of rotatable bonds is 8. The van der Waals surface area contributed by atoms with Crippen LogP contribution in [0.25, 0.3) is 0 Å². The van der Waals surface area contributed by atoms with E-state index in [0.29, 0.717) is 0 Å². The van der Waals surface area contributed by atoms with Gasteiger partial charge in [-0.3, -0.25) is 4.90 Å². The molecule has 1 atom stereocenters. The molecular formula is C18H25N3O. The number of nitrogens with one attached hydrogen (secondary N) is 1. The van der Waals surface area contributed by atoms with Gasteiger partial charge >= 0.3 is 0 Å². The van der Waals surface area contributed by atoms with Crippen LogP contribution >= 0.6 is 0 Å². The zero-order valence-corrected chi connectivity index (χ0v) is 13.4. The normalized spacial score (nSPS) is 12.4. The minimum atomic E-state index is 0.206. The Labute approximate surface area is 132 Å². The number of pyridine rings is 1. The molecule has 0 fully saturated rings. The summed E-state index contributed by atoms with van der Waals surface area (Å²) in [5, 5.41) is 12.5. The average molecular weight is 299 g/mol. The first-order valence-corrected chi connectivity index (χ1v) is 7.71. The highest BCUT2D eigenvalue weighted by atomic mass is 16.3. The van der Waals surface area contributed by atoms with Gasteiger partial charge in [0, 0.05) is 45.0 Å². The van der Waals surface area contributed by atoms with Crippen molar-refractivity contribution in [3.63, 3.8) is 0 Å². The third kappa shape index (κ3) is 4.83. The second-order valence-electron chi connectivity index (χ2n) is 5.70. The fourth-order valence-electron chi connectivity index (χ4n) is 2.56. The molecule has 4 nitrogen and oxygen atoms in total. The molecule has 2 aromatic rings. The third-order valence-corrected chi connectivity index (χ3v) is 3.65. The first-order chi connectivity index (χ1) is 10.7. The second kappa shape index (κ2) is 8.51. The smallest absolute Gasteiger partial charge is 0.130 e. The van der Waals surface area contributed by atoms with E-state index < -0.39 is 0 Å². The Morgan fingerprint density at radius 2 is 1.91 bits per heavy atom. The summed E-state index contributed by atoms with van der Waals surface area (Å²) in [7, 11) is 1.89. The van der Waals surface area contributed by atoms with Crippen LogP contribution in [0.3, 0.4) is 0 Å². The molecule has 1 aromatic heterocycles. The molecule has 0 radical (unpaired) electrons. The van der Waals surface area contributed by atoms with Crippen LogP contribution in [0.5, 0.6) is 0 Å². The number of nitrogens with zero attached hydrogens (tertiary/aromatic N) is 2. The van der Waals surface area contributed by atoms with Crippen molar-refractivity contribution in [1.29, 1.82) is 0 Å². The predicted molar refractivity (Wildman–Crippen MR) is 90.6 cm³/mol. The second-order valence-corrected chi connectivity index (χ2v) is 5.70. The van der Waals surface area contributed by atoms with Gasteiger partial charge in [0.1, 0.15) is 5.82 Å². The number of aliphatic hydroxyl groups is 1. The molecule has 1 aromatic carbocycles. The number of aromatic nitrogens is 1. The van der Waals surface area contributed by atoms with Crippen LogP contribution in [-0.4, -0.2) is 35.2 Å². The number of hydrogen-bond acceptors (Lipinski definition) is 4. The van der Waals surface area contributed by atoms with Crippen molar-refractivity contribution in [2.45, 2.75) is 20.0 Å². The van der Waals surface area contributed by atoms with Gasteiger partial charge in [-0.1, -0.05) is 43.3 Å². The van der Waals surface area contributed by atoms with Crippen molar-refractivity contribution in [3.8, 4) is 0 Å². The molecular weight excluding hydrogens is 274 g/mol. The van der Waals surface area contributed by atoms with Gasteiger partial charge in [0.2, 0.25) is 0 Å². The number of anilines is 1. The number of aliphatic hydroxyl groups excluding tert-OH is 1. The molecule has 0 spiro atoms. The molecule has 2 N–H and O–H groups in total. The van der Waals surface area contributed by atoms with Gasteiger partial charge in [0.25, 0.3) is 0 Å². The highest BCUT2D eigenvalue weighted by Crippen LogP contribution is 2.17. The maximum atomic E-state index is 9.37. The first kappa shape index (κ1) is 16.5. The molecule has 0 aliphatic carbocycles. The van der Waals surface area contributed by atoms with Gasteiger partial charge in [0.05, 0.1) is 0 Å². The Kier molecular flexibility index (Phi) is 6.37. The molecule has 0 aliphatic heterocycles. The lowest BCUT2D eigenvalue weighted by Crippen LogP contribution is -2.29. The van der Waals surface area contributed by atoms with E-state index >= 15 is 0 Å². The molecule has 0 saturated heterocycles. The van der Waals surface area contributed by atoms with Gasteiger partial charge in [-0.2, -0.15) is 0 Å².